The van der Waals surface area contributed by atoms with Crippen molar-refractivity contribution in [3.8, 4) is 0 Å². The van der Waals surface area contributed by atoms with Crippen LogP contribution in [0.15, 0.2) is 18.2 Å². The number of amides is 3. The first-order valence-electron chi connectivity index (χ1n) is 6.86. The Morgan fingerprint density at radius 1 is 1.25 bits per heavy atom. The second kappa shape index (κ2) is 7.53. The summed E-state index contributed by atoms with van der Waals surface area (Å²) in [7, 11) is 0. The molecule has 3 N–H and O–H groups in total. The summed E-state index contributed by atoms with van der Waals surface area (Å²) >= 11 is 0. The zero-order valence-electron chi connectivity index (χ0n) is 12.5. The van der Waals surface area contributed by atoms with Crippen LogP contribution in [-0.2, 0) is 4.79 Å². The molecule has 3 amide bonds. The van der Waals surface area contributed by atoms with Crippen molar-refractivity contribution in [3.05, 3.63) is 29.3 Å². The molecule has 0 heterocycles. The molecule has 0 bridgehead atoms. The van der Waals surface area contributed by atoms with E-state index in [0.717, 1.165) is 23.2 Å². The van der Waals surface area contributed by atoms with Crippen molar-refractivity contribution < 1.29 is 9.59 Å². The van der Waals surface area contributed by atoms with Gasteiger partial charge in [-0.1, -0.05) is 24.6 Å². The van der Waals surface area contributed by atoms with Crippen LogP contribution in [0.2, 0.25) is 0 Å². The fourth-order valence-electron chi connectivity index (χ4n) is 1.78. The predicted octanol–water partition coefficient (Wildman–Crippen LogP) is 2.34. The van der Waals surface area contributed by atoms with Gasteiger partial charge in [-0.25, -0.2) is 4.79 Å². The molecule has 1 aromatic rings. The number of anilines is 1. The summed E-state index contributed by atoms with van der Waals surface area (Å²) in [5.74, 6) is -0.178. The van der Waals surface area contributed by atoms with Crippen molar-refractivity contribution in [2.24, 2.45) is 0 Å². The van der Waals surface area contributed by atoms with E-state index in [2.05, 4.69) is 16.0 Å². The van der Waals surface area contributed by atoms with Crippen LogP contribution in [0.1, 0.15) is 31.4 Å². The van der Waals surface area contributed by atoms with Crippen LogP contribution in [0, 0.1) is 13.8 Å². The Morgan fingerprint density at radius 3 is 2.55 bits per heavy atom. The van der Waals surface area contributed by atoms with Gasteiger partial charge >= 0.3 is 6.03 Å². The monoisotopic (exact) mass is 277 g/mol. The highest BCUT2D eigenvalue weighted by Gasteiger charge is 2.15. The molecule has 0 spiro atoms. The Labute approximate surface area is 120 Å². The van der Waals surface area contributed by atoms with Gasteiger partial charge < -0.3 is 16.0 Å². The number of benzene rings is 1. The Balaban J connectivity index is 2.52. The Morgan fingerprint density at radius 2 is 1.95 bits per heavy atom. The van der Waals surface area contributed by atoms with Gasteiger partial charge in [0.05, 0.1) is 0 Å². The van der Waals surface area contributed by atoms with Crippen LogP contribution in [0.4, 0.5) is 10.5 Å². The van der Waals surface area contributed by atoms with Gasteiger partial charge in [-0.3, -0.25) is 4.79 Å². The number of aryl methyl sites for hydroxylation is 2. The number of rotatable bonds is 5. The summed E-state index contributed by atoms with van der Waals surface area (Å²) in [4.78, 5) is 23.5. The summed E-state index contributed by atoms with van der Waals surface area (Å²) in [6.45, 7) is 8.18. The molecule has 0 aliphatic rings. The highest BCUT2D eigenvalue weighted by molar-refractivity contribution is 5.94. The fourth-order valence-corrected chi connectivity index (χ4v) is 1.78. The summed E-state index contributed by atoms with van der Waals surface area (Å²) in [5, 5.41) is 8.10. The van der Waals surface area contributed by atoms with Crippen LogP contribution in [0.5, 0.6) is 0 Å². The molecule has 20 heavy (non-hydrogen) atoms. The van der Waals surface area contributed by atoms with Crippen molar-refractivity contribution in [2.75, 3.05) is 11.9 Å². The third-order valence-corrected chi connectivity index (χ3v) is 2.92. The van der Waals surface area contributed by atoms with Gasteiger partial charge in [-0.2, -0.15) is 0 Å². The molecule has 5 heteroatoms. The number of hydrogen-bond acceptors (Lipinski definition) is 2. The first-order valence-corrected chi connectivity index (χ1v) is 6.86. The normalized spacial score (nSPS) is 11.6. The van der Waals surface area contributed by atoms with E-state index in [1.165, 1.54) is 0 Å². The summed E-state index contributed by atoms with van der Waals surface area (Å²) in [5.41, 5.74) is 2.87. The van der Waals surface area contributed by atoms with Gasteiger partial charge in [-0.05, 0) is 38.8 Å². The van der Waals surface area contributed by atoms with E-state index in [9.17, 15) is 9.59 Å². The average molecular weight is 277 g/mol. The zero-order valence-corrected chi connectivity index (χ0v) is 12.5. The molecule has 5 nitrogen and oxygen atoms in total. The highest BCUT2D eigenvalue weighted by Crippen LogP contribution is 2.15. The molecule has 110 valence electrons. The van der Waals surface area contributed by atoms with E-state index in [-0.39, 0.29) is 11.9 Å². The lowest BCUT2D eigenvalue weighted by molar-refractivity contribution is -0.122. The van der Waals surface area contributed by atoms with E-state index in [4.69, 9.17) is 0 Å². The first-order chi connectivity index (χ1) is 9.43. The number of carbonyl (C=O) groups is 2. The van der Waals surface area contributed by atoms with Crippen molar-refractivity contribution in [1.29, 1.82) is 0 Å². The quantitative estimate of drug-likeness (QED) is 0.773. The molecule has 1 unspecified atom stereocenters. The van der Waals surface area contributed by atoms with Crippen molar-refractivity contribution >= 4 is 17.6 Å². The van der Waals surface area contributed by atoms with Gasteiger partial charge in [0.1, 0.15) is 6.04 Å². The molecular formula is C15H23N3O2. The minimum Gasteiger partial charge on any atom is -0.354 e. The second-order valence-electron chi connectivity index (χ2n) is 4.93. The van der Waals surface area contributed by atoms with Crippen LogP contribution in [0.3, 0.4) is 0 Å². The van der Waals surface area contributed by atoms with E-state index in [1.54, 1.807) is 6.92 Å². The van der Waals surface area contributed by atoms with E-state index >= 15 is 0 Å². The lowest BCUT2D eigenvalue weighted by atomic mass is 10.1. The Bertz CT molecular complexity index is 486. The smallest absolute Gasteiger partial charge is 0.319 e. The lowest BCUT2D eigenvalue weighted by Crippen LogP contribution is -2.46. The van der Waals surface area contributed by atoms with Crippen LogP contribution in [-0.4, -0.2) is 24.5 Å². The molecule has 0 saturated heterocycles. The first kappa shape index (κ1) is 16.0. The third kappa shape index (κ3) is 4.91. The molecule has 0 saturated carbocycles. The van der Waals surface area contributed by atoms with E-state index in [0.29, 0.717) is 6.54 Å². The number of hydrogen-bond donors (Lipinski definition) is 3. The number of nitrogens with one attached hydrogen (secondary N) is 3. The minimum atomic E-state index is -0.563. The van der Waals surface area contributed by atoms with Gasteiger partial charge in [-0.15, -0.1) is 0 Å². The molecule has 0 radical (unpaired) electrons. The molecule has 0 fully saturated rings. The average Bonchev–Trinajstić information content (AvgIpc) is 2.39. The van der Waals surface area contributed by atoms with Crippen LogP contribution >= 0.6 is 0 Å². The molecule has 1 atom stereocenters. The summed E-state index contributed by atoms with van der Waals surface area (Å²) < 4.78 is 0. The topological polar surface area (TPSA) is 70.2 Å². The summed E-state index contributed by atoms with van der Waals surface area (Å²) in [6, 6.07) is 4.84. The van der Waals surface area contributed by atoms with Crippen molar-refractivity contribution in [3.63, 3.8) is 0 Å². The maximum absolute atomic E-state index is 11.8. The highest BCUT2D eigenvalue weighted by atomic mass is 16.2. The standard InChI is InChI=1S/C15H23N3O2/c1-5-8-16-14(19)12(4)17-15(20)18-13-7-6-10(2)9-11(13)3/h6-7,9,12H,5,8H2,1-4H3,(H,16,19)(H2,17,18,20). The van der Waals surface area contributed by atoms with Crippen molar-refractivity contribution in [2.45, 2.75) is 40.2 Å². The predicted molar refractivity (Wildman–Crippen MR) is 80.8 cm³/mol. The van der Waals surface area contributed by atoms with E-state index in [1.807, 2.05) is 39.0 Å². The maximum atomic E-state index is 11.8. The van der Waals surface area contributed by atoms with Crippen molar-refractivity contribution in [1.82, 2.24) is 10.6 Å². The molecule has 0 aromatic heterocycles. The van der Waals surface area contributed by atoms with Gasteiger partial charge in [0.15, 0.2) is 0 Å². The van der Waals surface area contributed by atoms with Gasteiger partial charge in [0.2, 0.25) is 5.91 Å². The SMILES string of the molecule is CCCNC(=O)C(C)NC(=O)Nc1ccc(C)cc1C. The minimum absolute atomic E-state index is 0.178. The third-order valence-electron chi connectivity index (χ3n) is 2.92. The second-order valence-corrected chi connectivity index (χ2v) is 4.93. The van der Waals surface area contributed by atoms with E-state index < -0.39 is 6.04 Å². The lowest BCUT2D eigenvalue weighted by Gasteiger charge is -2.15. The van der Waals surface area contributed by atoms with Crippen LogP contribution in [0.25, 0.3) is 0 Å². The molecule has 1 aromatic carbocycles. The van der Waals surface area contributed by atoms with Gasteiger partial charge in [0.25, 0.3) is 0 Å². The molecular weight excluding hydrogens is 254 g/mol. The maximum Gasteiger partial charge on any atom is 0.319 e. The molecule has 1 rings (SSSR count). The summed E-state index contributed by atoms with van der Waals surface area (Å²) in [6.07, 6.45) is 0.868. The fraction of sp³-hybridized carbons (Fsp3) is 0.467. The Hall–Kier alpha value is -2.04. The van der Waals surface area contributed by atoms with Gasteiger partial charge in [0, 0.05) is 12.2 Å². The largest absolute Gasteiger partial charge is 0.354 e. The molecule has 0 aliphatic heterocycles. The zero-order chi connectivity index (χ0) is 15.1. The molecule has 0 aliphatic carbocycles. The Kier molecular flexibility index (Phi) is 6.03. The van der Waals surface area contributed by atoms with Crippen LogP contribution < -0.4 is 16.0 Å². The number of carbonyl (C=O) groups excluding carboxylic acids is 2. The number of urea groups is 1.